The number of nitrogens with one attached hydrogen (secondary N) is 1. The monoisotopic (exact) mass is 471 g/mol. The van der Waals surface area contributed by atoms with Gasteiger partial charge in [-0.2, -0.15) is 0 Å². The number of carbonyl (C=O) groups is 2. The van der Waals surface area contributed by atoms with Crippen molar-refractivity contribution in [1.82, 2.24) is 4.90 Å². The zero-order chi connectivity index (χ0) is 24.9. The quantitative estimate of drug-likeness (QED) is 0.490. The maximum Gasteiger partial charge on any atom is 0.255 e. The summed E-state index contributed by atoms with van der Waals surface area (Å²) < 4.78 is 5.64. The van der Waals surface area contributed by atoms with Crippen molar-refractivity contribution in [1.29, 1.82) is 0 Å². The second-order valence-electron chi connectivity index (χ2n) is 9.30. The molecule has 0 atom stereocenters. The average molecular weight is 472 g/mol. The highest BCUT2D eigenvalue weighted by Crippen LogP contribution is 2.36. The van der Waals surface area contributed by atoms with Gasteiger partial charge >= 0.3 is 0 Å². The molecule has 2 amide bonds. The van der Waals surface area contributed by atoms with Crippen molar-refractivity contribution in [3.63, 3.8) is 0 Å². The smallest absolute Gasteiger partial charge is 0.255 e. The SMILES string of the molecule is COc1ccc(NC(=O)c2ccc(-c3ccccc3C(N)=O)cc2)cc1C1CCN(C(C)C)CC1. The zero-order valence-electron chi connectivity index (χ0n) is 20.6. The van der Waals surface area contributed by atoms with E-state index in [1.807, 2.05) is 42.5 Å². The van der Waals surface area contributed by atoms with Gasteiger partial charge in [-0.15, -0.1) is 0 Å². The number of likely N-dealkylation sites (tertiary alicyclic amines) is 1. The van der Waals surface area contributed by atoms with E-state index in [1.165, 1.54) is 0 Å². The third-order valence-corrected chi connectivity index (χ3v) is 6.84. The van der Waals surface area contributed by atoms with E-state index in [-0.39, 0.29) is 5.91 Å². The van der Waals surface area contributed by atoms with Crippen LogP contribution in [0.25, 0.3) is 11.1 Å². The molecule has 6 heteroatoms. The third-order valence-electron chi connectivity index (χ3n) is 6.84. The van der Waals surface area contributed by atoms with Crippen LogP contribution in [0.2, 0.25) is 0 Å². The molecule has 6 nitrogen and oxygen atoms in total. The lowest BCUT2D eigenvalue weighted by atomic mass is 9.88. The number of ether oxygens (including phenoxy) is 1. The van der Waals surface area contributed by atoms with Crippen LogP contribution >= 0.6 is 0 Å². The molecular formula is C29H33N3O3. The van der Waals surface area contributed by atoms with Gasteiger partial charge < -0.3 is 20.7 Å². The Bertz CT molecular complexity index is 1200. The summed E-state index contributed by atoms with van der Waals surface area (Å²) in [6.07, 6.45) is 2.14. The van der Waals surface area contributed by atoms with Crippen LogP contribution in [-0.4, -0.2) is 43.0 Å². The number of hydrogen-bond acceptors (Lipinski definition) is 4. The van der Waals surface area contributed by atoms with Gasteiger partial charge in [0.25, 0.3) is 5.91 Å². The minimum Gasteiger partial charge on any atom is -0.496 e. The number of carbonyl (C=O) groups excluding carboxylic acids is 2. The van der Waals surface area contributed by atoms with Gasteiger partial charge in [-0.05, 0) is 98.8 Å². The molecule has 1 aliphatic heterocycles. The van der Waals surface area contributed by atoms with E-state index in [1.54, 1.807) is 31.4 Å². The number of nitrogens with two attached hydrogens (primary N) is 1. The summed E-state index contributed by atoms with van der Waals surface area (Å²) in [4.78, 5) is 27.2. The molecule has 3 aromatic carbocycles. The number of benzene rings is 3. The maximum atomic E-state index is 13.0. The Hall–Kier alpha value is -3.64. The van der Waals surface area contributed by atoms with E-state index in [4.69, 9.17) is 10.5 Å². The highest BCUT2D eigenvalue weighted by atomic mass is 16.5. The fourth-order valence-electron chi connectivity index (χ4n) is 4.81. The predicted octanol–water partition coefficient (Wildman–Crippen LogP) is 5.30. The summed E-state index contributed by atoms with van der Waals surface area (Å²) in [7, 11) is 1.69. The summed E-state index contributed by atoms with van der Waals surface area (Å²) in [5.41, 5.74) is 9.97. The lowest BCUT2D eigenvalue weighted by Gasteiger charge is -2.35. The molecule has 1 fully saturated rings. The van der Waals surface area contributed by atoms with Crippen molar-refractivity contribution in [2.45, 2.75) is 38.6 Å². The molecule has 0 saturated carbocycles. The zero-order valence-corrected chi connectivity index (χ0v) is 20.6. The normalized spacial score (nSPS) is 14.6. The fourth-order valence-corrected chi connectivity index (χ4v) is 4.81. The molecule has 1 heterocycles. The first-order valence-corrected chi connectivity index (χ1v) is 12.1. The van der Waals surface area contributed by atoms with Crippen molar-refractivity contribution in [2.24, 2.45) is 5.73 Å². The molecule has 3 N–H and O–H groups in total. The van der Waals surface area contributed by atoms with Crippen molar-refractivity contribution in [3.8, 4) is 16.9 Å². The molecule has 0 aliphatic carbocycles. The summed E-state index contributed by atoms with van der Waals surface area (Å²) in [6, 6.07) is 20.8. The first kappa shape index (κ1) is 24.5. The standard InChI is InChI=1S/C29H33N3O3/c1-19(2)32-16-14-21(15-17-32)26-18-23(12-13-27(26)35-3)31-29(34)22-10-8-20(9-11-22)24-6-4-5-7-25(24)28(30)33/h4-13,18-19,21H,14-17H2,1-3H3,(H2,30,33)(H,31,34). The van der Waals surface area contributed by atoms with Crippen molar-refractivity contribution >= 4 is 17.5 Å². The number of rotatable bonds is 7. The molecule has 1 aliphatic rings. The molecule has 4 rings (SSSR count). The highest BCUT2D eigenvalue weighted by molar-refractivity contribution is 6.05. The topological polar surface area (TPSA) is 84.7 Å². The van der Waals surface area contributed by atoms with E-state index < -0.39 is 5.91 Å². The second-order valence-corrected chi connectivity index (χ2v) is 9.30. The summed E-state index contributed by atoms with van der Waals surface area (Å²) in [6.45, 7) is 6.60. The molecule has 0 bridgehead atoms. The molecule has 0 unspecified atom stereocenters. The van der Waals surface area contributed by atoms with Crippen LogP contribution in [0, 0.1) is 0 Å². The molecule has 35 heavy (non-hydrogen) atoms. The van der Waals surface area contributed by atoms with Gasteiger partial charge in [0.1, 0.15) is 5.75 Å². The predicted molar refractivity (Wildman–Crippen MR) is 140 cm³/mol. The molecule has 182 valence electrons. The number of piperidine rings is 1. The Morgan fingerprint density at radius 2 is 1.69 bits per heavy atom. The molecule has 0 aromatic heterocycles. The highest BCUT2D eigenvalue weighted by Gasteiger charge is 2.24. The van der Waals surface area contributed by atoms with Crippen LogP contribution in [0.5, 0.6) is 5.75 Å². The van der Waals surface area contributed by atoms with Crippen LogP contribution in [0.15, 0.2) is 66.7 Å². The van der Waals surface area contributed by atoms with E-state index in [0.29, 0.717) is 23.1 Å². The van der Waals surface area contributed by atoms with Gasteiger partial charge in [-0.1, -0.05) is 30.3 Å². The Morgan fingerprint density at radius 3 is 2.31 bits per heavy atom. The van der Waals surface area contributed by atoms with Crippen molar-refractivity contribution in [3.05, 3.63) is 83.4 Å². The molecule has 3 aromatic rings. The maximum absolute atomic E-state index is 13.0. The number of hydrogen-bond donors (Lipinski definition) is 2. The van der Waals surface area contributed by atoms with E-state index >= 15 is 0 Å². The molecule has 1 saturated heterocycles. The Balaban J connectivity index is 1.49. The third kappa shape index (κ3) is 5.54. The number of anilines is 1. The largest absolute Gasteiger partial charge is 0.496 e. The average Bonchev–Trinajstić information content (AvgIpc) is 2.88. The van der Waals surface area contributed by atoms with Crippen LogP contribution in [0.4, 0.5) is 5.69 Å². The number of amides is 2. The van der Waals surface area contributed by atoms with Crippen LogP contribution in [-0.2, 0) is 0 Å². The van der Waals surface area contributed by atoms with Crippen LogP contribution < -0.4 is 15.8 Å². The summed E-state index contributed by atoms with van der Waals surface area (Å²) in [5, 5.41) is 3.03. The summed E-state index contributed by atoms with van der Waals surface area (Å²) in [5.74, 6) is 0.600. The van der Waals surface area contributed by atoms with Gasteiger partial charge in [0, 0.05) is 22.9 Å². The number of primary amides is 1. The Kier molecular flexibility index (Phi) is 7.51. The fraction of sp³-hybridized carbons (Fsp3) is 0.310. The van der Waals surface area contributed by atoms with Crippen molar-refractivity contribution in [2.75, 3.05) is 25.5 Å². The minimum absolute atomic E-state index is 0.189. The Morgan fingerprint density at radius 1 is 1.00 bits per heavy atom. The Labute approximate surface area is 207 Å². The molecular weight excluding hydrogens is 438 g/mol. The summed E-state index contributed by atoms with van der Waals surface area (Å²) >= 11 is 0. The van der Waals surface area contributed by atoms with E-state index in [9.17, 15) is 9.59 Å². The lowest BCUT2D eigenvalue weighted by molar-refractivity contribution is 0.0998. The van der Waals surface area contributed by atoms with Gasteiger partial charge in [0.2, 0.25) is 5.91 Å². The van der Waals surface area contributed by atoms with Gasteiger partial charge in [-0.3, -0.25) is 9.59 Å². The molecule has 0 radical (unpaired) electrons. The first-order valence-electron chi connectivity index (χ1n) is 12.1. The first-order chi connectivity index (χ1) is 16.9. The van der Waals surface area contributed by atoms with E-state index in [2.05, 4.69) is 24.1 Å². The van der Waals surface area contributed by atoms with E-state index in [0.717, 1.165) is 54.1 Å². The molecule has 0 spiro atoms. The van der Waals surface area contributed by atoms with Crippen LogP contribution in [0.3, 0.4) is 0 Å². The van der Waals surface area contributed by atoms with Gasteiger partial charge in [0.15, 0.2) is 0 Å². The van der Waals surface area contributed by atoms with Gasteiger partial charge in [0.05, 0.1) is 7.11 Å². The van der Waals surface area contributed by atoms with Gasteiger partial charge in [-0.25, -0.2) is 0 Å². The minimum atomic E-state index is -0.479. The van der Waals surface area contributed by atoms with Crippen LogP contribution in [0.1, 0.15) is 58.9 Å². The lowest BCUT2D eigenvalue weighted by Crippen LogP contribution is -2.37. The second kappa shape index (κ2) is 10.7. The number of nitrogens with zero attached hydrogens (tertiary/aromatic N) is 1. The number of methoxy groups -OCH3 is 1. The van der Waals surface area contributed by atoms with Crippen molar-refractivity contribution < 1.29 is 14.3 Å².